The van der Waals surface area contributed by atoms with Gasteiger partial charge in [-0.25, -0.2) is 4.68 Å². The van der Waals surface area contributed by atoms with E-state index in [1.54, 1.807) is 23.2 Å². The first-order valence-corrected chi connectivity index (χ1v) is 8.52. The van der Waals surface area contributed by atoms with Crippen LogP contribution in [0.25, 0.3) is 0 Å². The molecule has 4 rings (SSSR count). The van der Waals surface area contributed by atoms with Crippen molar-refractivity contribution in [2.75, 3.05) is 13.1 Å². The highest BCUT2D eigenvalue weighted by atomic mass is 16.5. The van der Waals surface area contributed by atoms with Gasteiger partial charge in [0.15, 0.2) is 0 Å². The van der Waals surface area contributed by atoms with E-state index in [1.807, 2.05) is 47.3 Å². The molecule has 26 heavy (non-hydrogen) atoms. The number of ether oxygens (including phenoxy) is 1. The molecule has 0 atom stereocenters. The summed E-state index contributed by atoms with van der Waals surface area (Å²) >= 11 is 0. The molecule has 3 aromatic rings. The molecule has 0 unspecified atom stereocenters. The number of likely N-dealkylation sites (tertiary alicyclic amines) is 1. The van der Waals surface area contributed by atoms with Crippen LogP contribution in [0.2, 0.25) is 0 Å². The van der Waals surface area contributed by atoms with Gasteiger partial charge in [-0.1, -0.05) is 41.6 Å². The number of hydrogen-bond donors (Lipinski definition) is 0. The molecule has 7 nitrogen and oxygen atoms in total. The summed E-state index contributed by atoms with van der Waals surface area (Å²) in [6.45, 7) is 2.19. The standard InChI is InChI=1S/C19H19N5O2/c25-19(18-8-4-5-9-20-18)23-11-17(12-23)24-10-16(21-22-24)14-26-13-15-6-2-1-3-7-15/h1-10,17H,11-14H2. The van der Waals surface area contributed by atoms with Gasteiger partial charge in [0.25, 0.3) is 5.91 Å². The number of carbonyl (C=O) groups is 1. The van der Waals surface area contributed by atoms with Crippen LogP contribution in [0.4, 0.5) is 0 Å². The highest BCUT2D eigenvalue weighted by molar-refractivity contribution is 5.92. The SMILES string of the molecule is O=C(c1ccccn1)N1CC(n2cc(COCc3ccccc3)nn2)C1. The normalized spacial score (nSPS) is 14.2. The van der Waals surface area contributed by atoms with E-state index in [2.05, 4.69) is 15.3 Å². The number of pyridine rings is 1. The smallest absolute Gasteiger partial charge is 0.272 e. The zero-order valence-electron chi connectivity index (χ0n) is 14.2. The van der Waals surface area contributed by atoms with Gasteiger partial charge < -0.3 is 9.64 Å². The van der Waals surface area contributed by atoms with Crippen LogP contribution in [-0.4, -0.2) is 43.9 Å². The van der Waals surface area contributed by atoms with Crippen molar-refractivity contribution >= 4 is 5.91 Å². The lowest BCUT2D eigenvalue weighted by Crippen LogP contribution is -2.51. The van der Waals surface area contributed by atoms with Gasteiger partial charge in [0, 0.05) is 19.3 Å². The van der Waals surface area contributed by atoms with Crippen LogP contribution in [0.1, 0.15) is 27.8 Å². The van der Waals surface area contributed by atoms with E-state index < -0.39 is 0 Å². The Hall–Kier alpha value is -3.06. The molecule has 2 aromatic heterocycles. The van der Waals surface area contributed by atoms with E-state index in [-0.39, 0.29) is 11.9 Å². The minimum absolute atomic E-state index is 0.0478. The molecule has 0 bridgehead atoms. The Balaban J connectivity index is 1.26. The molecular weight excluding hydrogens is 330 g/mol. The average Bonchev–Trinajstić information content (AvgIpc) is 3.10. The van der Waals surface area contributed by atoms with Crippen LogP contribution in [0, 0.1) is 0 Å². The van der Waals surface area contributed by atoms with Gasteiger partial charge in [0.2, 0.25) is 0 Å². The fraction of sp³-hybridized carbons (Fsp3) is 0.263. The molecule has 1 aliphatic rings. The lowest BCUT2D eigenvalue weighted by Gasteiger charge is -2.38. The molecule has 0 N–H and O–H groups in total. The van der Waals surface area contributed by atoms with Gasteiger partial charge in [-0.05, 0) is 17.7 Å². The van der Waals surface area contributed by atoms with E-state index in [0.29, 0.717) is 32.0 Å². The summed E-state index contributed by atoms with van der Waals surface area (Å²) in [7, 11) is 0. The number of rotatable bonds is 6. The van der Waals surface area contributed by atoms with Gasteiger partial charge in [-0.2, -0.15) is 0 Å². The average molecular weight is 349 g/mol. The lowest BCUT2D eigenvalue weighted by atomic mass is 10.1. The minimum Gasteiger partial charge on any atom is -0.370 e. The second-order valence-electron chi connectivity index (χ2n) is 6.25. The van der Waals surface area contributed by atoms with Crippen LogP contribution in [0.15, 0.2) is 60.9 Å². The van der Waals surface area contributed by atoms with Crippen molar-refractivity contribution in [1.29, 1.82) is 0 Å². The second kappa shape index (κ2) is 7.45. The van der Waals surface area contributed by atoms with Gasteiger partial charge in [-0.15, -0.1) is 5.10 Å². The summed E-state index contributed by atoms with van der Waals surface area (Å²) in [5, 5.41) is 8.31. The maximum Gasteiger partial charge on any atom is 0.272 e. The highest BCUT2D eigenvalue weighted by Crippen LogP contribution is 2.22. The lowest BCUT2D eigenvalue weighted by molar-refractivity contribution is 0.0492. The quantitative estimate of drug-likeness (QED) is 0.681. The summed E-state index contributed by atoms with van der Waals surface area (Å²) in [5.41, 5.74) is 2.39. The summed E-state index contributed by atoms with van der Waals surface area (Å²) < 4.78 is 7.49. The summed E-state index contributed by atoms with van der Waals surface area (Å²) in [6.07, 6.45) is 3.52. The molecule has 0 aliphatic carbocycles. The molecule has 132 valence electrons. The molecule has 1 saturated heterocycles. The highest BCUT2D eigenvalue weighted by Gasteiger charge is 2.33. The third-order valence-electron chi connectivity index (χ3n) is 4.33. The van der Waals surface area contributed by atoms with Crippen LogP contribution in [0.5, 0.6) is 0 Å². The molecular formula is C19H19N5O2. The molecule has 1 aliphatic heterocycles. The predicted molar refractivity (Wildman–Crippen MR) is 94.1 cm³/mol. The third kappa shape index (κ3) is 3.62. The Morgan fingerprint density at radius 3 is 2.65 bits per heavy atom. The summed E-state index contributed by atoms with van der Waals surface area (Å²) in [5.74, 6) is -0.0478. The van der Waals surface area contributed by atoms with Crippen molar-refractivity contribution < 1.29 is 9.53 Å². The van der Waals surface area contributed by atoms with E-state index in [0.717, 1.165) is 11.3 Å². The summed E-state index contributed by atoms with van der Waals surface area (Å²) in [6, 6.07) is 15.5. The number of benzene rings is 1. The molecule has 0 spiro atoms. The molecule has 0 saturated carbocycles. The first kappa shape index (κ1) is 16.4. The Kier molecular flexibility index (Phi) is 4.70. The van der Waals surface area contributed by atoms with E-state index in [4.69, 9.17) is 4.74 Å². The molecule has 1 amide bonds. The van der Waals surface area contributed by atoms with Crippen LogP contribution in [0.3, 0.4) is 0 Å². The molecule has 3 heterocycles. The Labute approximate surface area is 151 Å². The number of nitrogens with zero attached hydrogens (tertiary/aromatic N) is 5. The molecule has 1 fully saturated rings. The fourth-order valence-electron chi connectivity index (χ4n) is 2.85. The van der Waals surface area contributed by atoms with Crippen molar-refractivity contribution in [1.82, 2.24) is 24.9 Å². The molecule has 0 radical (unpaired) electrons. The maximum atomic E-state index is 12.3. The zero-order chi connectivity index (χ0) is 17.8. The van der Waals surface area contributed by atoms with E-state index in [9.17, 15) is 4.79 Å². The van der Waals surface area contributed by atoms with Crippen molar-refractivity contribution in [3.8, 4) is 0 Å². The monoisotopic (exact) mass is 349 g/mol. The first-order chi connectivity index (χ1) is 12.8. The Bertz CT molecular complexity index is 860. The van der Waals surface area contributed by atoms with Crippen molar-refractivity contribution in [3.63, 3.8) is 0 Å². The Morgan fingerprint density at radius 2 is 1.88 bits per heavy atom. The third-order valence-corrected chi connectivity index (χ3v) is 4.33. The van der Waals surface area contributed by atoms with Gasteiger partial charge in [-0.3, -0.25) is 9.78 Å². The largest absolute Gasteiger partial charge is 0.370 e. The number of amides is 1. The zero-order valence-corrected chi connectivity index (χ0v) is 14.2. The number of hydrogen-bond acceptors (Lipinski definition) is 5. The topological polar surface area (TPSA) is 73.1 Å². The van der Waals surface area contributed by atoms with Crippen LogP contribution >= 0.6 is 0 Å². The number of aromatic nitrogens is 4. The molecule has 1 aromatic carbocycles. The van der Waals surface area contributed by atoms with E-state index >= 15 is 0 Å². The van der Waals surface area contributed by atoms with Crippen LogP contribution in [-0.2, 0) is 18.0 Å². The van der Waals surface area contributed by atoms with Crippen molar-refractivity contribution in [2.45, 2.75) is 19.3 Å². The molecule has 7 heteroatoms. The van der Waals surface area contributed by atoms with Crippen molar-refractivity contribution in [2.24, 2.45) is 0 Å². The predicted octanol–water partition coefficient (Wildman–Crippen LogP) is 2.09. The van der Waals surface area contributed by atoms with Crippen molar-refractivity contribution in [3.05, 3.63) is 77.9 Å². The van der Waals surface area contributed by atoms with Gasteiger partial charge >= 0.3 is 0 Å². The van der Waals surface area contributed by atoms with Gasteiger partial charge in [0.05, 0.1) is 25.5 Å². The first-order valence-electron chi connectivity index (χ1n) is 8.52. The Morgan fingerprint density at radius 1 is 1.08 bits per heavy atom. The van der Waals surface area contributed by atoms with E-state index in [1.165, 1.54) is 0 Å². The maximum absolute atomic E-state index is 12.3. The minimum atomic E-state index is -0.0478. The summed E-state index contributed by atoms with van der Waals surface area (Å²) in [4.78, 5) is 18.1. The number of carbonyl (C=O) groups excluding carboxylic acids is 1. The van der Waals surface area contributed by atoms with Crippen LogP contribution < -0.4 is 0 Å². The van der Waals surface area contributed by atoms with Gasteiger partial charge in [0.1, 0.15) is 11.4 Å². The second-order valence-corrected chi connectivity index (χ2v) is 6.25. The fourth-order valence-corrected chi connectivity index (χ4v) is 2.85.